The number of amides is 1. The molecule has 0 spiro atoms. The minimum absolute atomic E-state index is 0.234. The highest BCUT2D eigenvalue weighted by Gasteiger charge is 2.10. The first kappa shape index (κ1) is 17.1. The summed E-state index contributed by atoms with van der Waals surface area (Å²) in [6.07, 6.45) is 0.969. The first-order chi connectivity index (χ1) is 10.6. The molecule has 1 aromatic rings. The fourth-order valence-corrected chi connectivity index (χ4v) is 2.47. The van der Waals surface area contributed by atoms with Crippen LogP contribution < -0.4 is 10.6 Å². The maximum atomic E-state index is 11.9. The van der Waals surface area contributed by atoms with Gasteiger partial charge in [-0.15, -0.1) is 0 Å². The van der Waals surface area contributed by atoms with E-state index in [4.69, 9.17) is 28.6 Å². The summed E-state index contributed by atoms with van der Waals surface area (Å²) >= 11 is 10.9. The summed E-state index contributed by atoms with van der Waals surface area (Å²) in [5, 5.41) is 6.66. The van der Waals surface area contributed by atoms with Crippen LogP contribution in [0.5, 0.6) is 0 Å². The first-order valence-electron chi connectivity index (χ1n) is 7.30. The van der Waals surface area contributed by atoms with Gasteiger partial charge in [0, 0.05) is 30.2 Å². The molecule has 0 saturated carbocycles. The Morgan fingerprint density at radius 3 is 2.64 bits per heavy atom. The Balaban J connectivity index is 1.62. The molecule has 1 heterocycles. The first-order valence-corrected chi connectivity index (χ1v) is 8.08. The van der Waals surface area contributed by atoms with Crippen molar-refractivity contribution in [1.82, 2.24) is 15.5 Å². The van der Waals surface area contributed by atoms with Gasteiger partial charge in [-0.2, -0.15) is 0 Å². The molecule has 2 rings (SSSR count). The van der Waals surface area contributed by atoms with Gasteiger partial charge in [-0.05, 0) is 49.4 Å². The number of nitrogens with one attached hydrogen (secondary N) is 2. The molecule has 120 valence electrons. The van der Waals surface area contributed by atoms with Crippen molar-refractivity contribution in [2.75, 3.05) is 39.4 Å². The zero-order chi connectivity index (χ0) is 15.8. The third kappa shape index (κ3) is 5.88. The lowest BCUT2D eigenvalue weighted by molar-refractivity contribution is 0.0376. The number of hydrogen-bond donors (Lipinski definition) is 2. The van der Waals surface area contributed by atoms with Crippen LogP contribution in [0.4, 0.5) is 0 Å². The van der Waals surface area contributed by atoms with Crippen LogP contribution in [0.1, 0.15) is 16.8 Å². The third-order valence-corrected chi connectivity index (χ3v) is 3.87. The number of hydrogen-bond acceptors (Lipinski definition) is 4. The highest BCUT2D eigenvalue weighted by molar-refractivity contribution is 7.80. The lowest BCUT2D eigenvalue weighted by Crippen LogP contribution is -2.41. The van der Waals surface area contributed by atoms with E-state index in [-0.39, 0.29) is 5.91 Å². The molecule has 0 bridgehead atoms. The standard InChI is InChI=1S/C15H20ClN3O2S/c16-13-4-2-12(3-5-13)14(20)18-15(22)17-6-1-7-19-8-10-21-11-9-19/h2-5H,1,6-11H2,(H2,17,18,20,22). The second-order valence-electron chi connectivity index (χ2n) is 5.02. The molecule has 1 aliphatic rings. The number of morpholine rings is 1. The number of carbonyl (C=O) groups is 1. The van der Waals surface area contributed by atoms with Crippen molar-refractivity contribution in [2.24, 2.45) is 0 Å². The van der Waals surface area contributed by atoms with Crippen LogP contribution in [0.25, 0.3) is 0 Å². The van der Waals surface area contributed by atoms with E-state index in [1.165, 1.54) is 0 Å². The molecule has 1 fully saturated rings. The van der Waals surface area contributed by atoms with Crippen LogP contribution in [0, 0.1) is 0 Å². The SMILES string of the molecule is O=C(NC(=S)NCCCN1CCOCC1)c1ccc(Cl)cc1. The average Bonchev–Trinajstić information content (AvgIpc) is 2.53. The van der Waals surface area contributed by atoms with Crippen LogP contribution in [0.3, 0.4) is 0 Å². The Kier molecular flexibility index (Phi) is 7.05. The monoisotopic (exact) mass is 341 g/mol. The summed E-state index contributed by atoms with van der Waals surface area (Å²) in [4.78, 5) is 14.3. The fraction of sp³-hybridized carbons (Fsp3) is 0.467. The van der Waals surface area contributed by atoms with Crippen molar-refractivity contribution in [3.05, 3.63) is 34.9 Å². The van der Waals surface area contributed by atoms with E-state index in [1.54, 1.807) is 24.3 Å². The molecule has 1 amide bonds. The summed E-state index contributed by atoms with van der Waals surface area (Å²) in [6, 6.07) is 6.68. The van der Waals surface area contributed by atoms with E-state index in [9.17, 15) is 4.79 Å². The van der Waals surface area contributed by atoms with Gasteiger partial charge in [0.15, 0.2) is 5.11 Å². The van der Waals surface area contributed by atoms with Crippen molar-refractivity contribution < 1.29 is 9.53 Å². The van der Waals surface area contributed by atoms with Crippen LogP contribution in [0.2, 0.25) is 5.02 Å². The summed E-state index contributed by atoms with van der Waals surface area (Å²) in [7, 11) is 0. The zero-order valence-electron chi connectivity index (χ0n) is 12.3. The molecule has 0 aliphatic carbocycles. The van der Waals surface area contributed by atoms with Gasteiger partial charge in [0.25, 0.3) is 5.91 Å². The number of halogens is 1. The van der Waals surface area contributed by atoms with Gasteiger partial charge < -0.3 is 10.1 Å². The average molecular weight is 342 g/mol. The van der Waals surface area contributed by atoms with Gasteiger partial charge in [0.05, 0.1) is 13.2 Å². The smallest absolute Gasteiger partial charge is 0.257 e. The topological polar surface area (TPSA) is 53.6 Å². The quantitative estimate of drug-likeness (QED) is 0.630. The van der Waals surface area contributed by atoms with E-state index in [0.717, 1.165) is 45.8 Å². The maximum Gasteiger partial charge on any atom is 0.257 e. The van der Waals surface area contributed by atoms with Crippen LogP contribution in [-0.4, -0.2) is 55.3 Å². The molecule has 5 nitrogen and oxygen atoms in total. The highest BCUT2D eigenvalue weighted by atomic mass is 35.5. The second-order valence-corrected chi connectivity index (χ2v) is 5.87. The molecule has 1 saturated heterocycles. The van der Waals surface area contributed by atoms with Gasteiger partial charge in [-0.25, -0.2) is 0 Å². The van der Waals surface area contributed by atoms with Crippen LogP contribution in [-0.2, 0) is 4.74 Å². The minimum atomic E-state index is -0.234. The van der Waals surface area contributed by atoms with Gasteiger partial charge in [-0.3, -0.25) is 15.0 Å². The van der Waals surface area contributed by atoms with Crippen molar-refractivity contribution >= 4 is 34.8 Å². The van der Waals surface area contributed by atoms with Gasteiger partial charge in [0.2, 0.25) is 0 Å². The molecule has 0 atom stereocenters. The van der Waals surface area contributed by atoms with E-state index in [1.807, 2.05) is 0 Å². The number of nitrogens with zero attached hydrogens (tertiary/aromatic N) is 1. The molecular weight excluding hydrogens is 322 g/mol. The van der Waals surface area contributed by atoms with E-state index in [0.29, 0.717) is 15.7 Å². The molecule has 1 aliphatic heterocycles. The Morgan fingerprint density at radius 1 is 1.27 bits per heavy atom. The van der Waals surface area contributed by atoms with Crippen molar-refractivity contribution in [2.45, 2.75) is 6.42 Å². The Bertz CT molecular complexity index is 504. The van der Waals surface area contributed by atoms with Crippen LogP contribution in [0.15, 0.2) is 24.3 Å². The van der Waals surface area contributed by atoms with Crippen molar-refractivity contribution in [1.29, 1.82) is 0 Å². The molecular formula is C15H20ClN3O2S. The molecule has 0 unspecified atom stereocenters. The highest BCUT2D eigenvalue weighted by Crippen LogP contribution is 2.09. The lowest BCUT2D eigenvalue weighted by Gasteiger charge is -2.26. The number of carbonyl (C=O) groups excluding carboxylic acids is 1. The summed E-state index contributed by atoms with van der Waals surface area (Å²) in [6.45, 7) is 5.32. The van der Waals surface area contributed by atoms with Gasteiger partial charge in [-0.1, -0.05) is 11.6 Å². The number of benzene rings is 1. The minimum Gasteiger partial charge on any atom is -0.379 e. The van der Waals surface area contributed by atoms with E-state index >= 15 is 0 Å². The molecule has 0 radical (unpaired) electrons. The van der Waals surface area contributed by atoms with E-state index in [2.05, 4.69) is 15.5 Å². The van der Waals surface area contributed by atoms with Crippen molar-refractivity contribution in [3.8, 4) is 0 Å². The summed E-state index contributed by atoms with van der Waals surface area (Å²) in [5.41, 5.74) is 0.530. The predicted molar refractivity (Wildman–Crippen MR) is 91.4 cm³/mol. The predicted octanol–water partition coefficient (Wildman–Crippen LogP) is 1.67. The lowest BCUT2D eigenvalue weighted by atomic mass is 10.2. The van der Waals surface area contributed by atoms with Gasteiger partial charge in [0.1, 0.15) is 0 Å². The molecule has 0 aromatic heterocycles. The second kappa shape index (κ2) is 9.05. The summed E-state index contributed by atoms with van der Waals surface area (Å²) in [5.74, 6) is -0.234. The van der Waals surface area contributed by atoms with Gasteiger partial charge >= 0.3 is 0 Å². The number of thiocarbonyl (C=S) groups is 1. The maximum absolute atomic E-state index is 11.9. The largest absolute Gasteiger partial charge is 0.379 e. The van der Waals surface area contributed by atoms with Crippen LogP contribution >= 0.6 is 23.8 Å². The summed E-state index contributed by atoms with van der Waals surface area (Å²) < 4.78 is 5.30. The molecule has 1 aromatic carbocycles. The molecule has 7 heteroatoms. The molecule has 2 N–H and O–H groups in total. The zero-order valence-corrected chi connectivity index (χ0v) is 13.9. The fourth-order valence-electron chi connectivity index (χ4n) is 2.15. The number of ether oxygens (including phenoxy) is 1. The molecule has 22 heavy (non-hydrogen) atoms. The Labute approximate surface area is 141 Å². The van der Waals surface area contributed by atoms with Crippen molar-refractivity contribution in [3.63, 3.8) is 0 Å². The Hall–Kier alpha value is -1.21. The Morgan fingerprint density at radius 2 is 1.95 bits per heavy atom. The third-order valence-electron chi connectivity index (χ3n) is 3.37. The van der Waals surface area contributed by atoms with E-state index < -0.39 is 0 Å². The normalized spacial score (nSPS) is 15.3. The number of rotatable bonds is 5.